The van der Waals surface area contributed by atoms with Crippen LogP contribution < -0.4 is 4.72 Å². The van der Waals surface area contributed by atoms with Crippen molar-refractivity contribution in [3.8, 4) is 0 Å². The van der Waals surface area contributed by atoms with Crippen molar-refractivity contribution >= 4 is 15.8 Å². The highest BCUT2D eigenvalue weighted by Gasteiger charge is 2.25. The van der Waals surface area contributed by atoms with Gasteiger partial charge in [0.2, 0.25) is 10.0 Å². The highest BCUT2D eigenvalue weighted by atomic mass is 32.2. The van der Waals surface area contributed by atoms with Gasteiger partial charge in [0, 0.05) is 11.5 Å². The quantitative estimate of drug-likeness (QED) is 0.781. The van der Waals surface area contributed by atoms with E-state index in [0.717, 1.165) is 0 Å². The third kappa shape index (κ3) is 4.13. The zero-order chi connectivity index (χ0) is 15.6. The van der Waals surface area contributed by atoms with Crippen LogP contribution >= 0.6 is 0 Å². The lowest BCUT2D eigenvalue weighted by Crippen LogP contribution is -2.46. The molecule has 0 heterocycles. The van der Waals surface area contributed by atoms with Gasteiger partial charge in [-0.3, -0.25) is 4.79 Å². The Kier molecular flexibility index (Phi) is 5.07. The lowest BCUT2D eigenvalue weighted by atomic mass is 10.0. The molecule has 0 aliphatic carbocycles. The van der Waals surface area contributed by atoms with Gasteiger partial charge in [-0.2, -0.15) is 0 Å². The number of carbonyl (C=O) groups is 1. The molecule has 0 aliphatic heterocycles. The molecule has 0 unspecified atom stereocenters. The monoisotopic (exact) mass is 299 g/mol. The van der Waals surface area contributed by atoms with Crippen LogP contribution in [0.25, 0.3) is 0 Å². The fraction of sp³-hybridized carbons (Fsp3) is 0.500. The molecule has 5 nitrogen and oxygen atoms in total. The summed E-state index contributed by atoms with van der Waals surface area (Å²) in [5, 5.41) is 9.11. The molecule has 1 aromatic rings. The number of carbonyl (C=O) groups excluding carboxylic acids is 1. The Hall–Kier alpha value is -1.24. The summed E-state index contributed by atoms with van der Waals surface area (Å²) >= 11 is 0. The van der Waals surface area contributed by atoms with E-state index in [2.05, 4.69) is 4.72 Å². The molecule has 0 atom stereocenters. The number of hydrogen-bond donors (Lipinski definition) is 2. The molecular weight excluding hydrogens is 278 g/mol. The molecule has 0 aromatic heterocycles. The van der Waals surface area contributed by atoms with E-state index >= 15 is 0 Å². The minimum atomic E-state index is -3.71. The maximum Gasteiger partial charge on any atom is 0.241 e. The number of aliphatic hydroxyl groups excluding tert-OH is 1. The number of ketones is 1. The predicted molar refractivity (Wildman–Crippen MR) is 77.1 cm³/mol. The maximum absolute atomic E-state index is 12.1. The minimum Gasteiger partial charge on any atom is -0.394 e. The lowest BCUT2D eigenvalue weighted by Gasteiger charge is -2.23. The first-order valence-electron chi connectivity index (χ1n) is 6.38. The molecule has 0 fully saturated rings. The Morgan fingerprint density at radius 2 is 1.75 bits per heavy atom. The first-order chi connectivity index (χ1) is 9.09. The molecule has 20 heavy (non-hydrogen) atoms. The van der Waals surface area contributed by atoms with E-state index < -0.39 is 15.6 Å². The molecule has 0 spiro atoms. The summed E-state index contributed by atoms with van der Waals surface area (Å²) in [5.74, 6) is -0.165. The average Bonchev–Trinajstić information content (AvgIpc) is 2.36. The summed E-state index contributed by atoms with van der Waals surface area (Å²) in [4.78, 5) is 11.9. The zero-order valence-electron chi connectivity index (χ0n) is 12.2. The van der Waals surface area contributed by atoms with Gasteiger partial charge >= 0.3 is 0 Å². The molecule has 0 aliphatic rings. The van der Waals surface area contributed by atoms with Crippen molar-refractivity contribution in [3.63, 3.8) is 0 Å². The molecular formula is C14H21NO4S. The van der Waals surface area contributed by atoms with E-state index in [1.165, 1.54) is 24.3 Å². The van der Waals surface area contributed by atoms with Gasteiger partial charge < -0.3 is 5.11 Å². The standard InChI is InChI=1S/C14H21NO4S/c1-10(2)13(17)11-5-7-12(8-6-11)20(18,19)15-14(3,4)9-16/h5-8,10,15-16H,9H2,1-4H3. The molecule has 112 valence electrons. The smallest absolute Gasteiger partial charge is 0.241 e. The topological polar surface area (TPSA) is 83.5 Å². The molecule has 0 amide bonds. The number of nitrogens with one attached hydrogen (secondary N) is 1. The Bertz CT molecular complexity index is 574. The number of Topliss-reactive ketones (excluding diaryl/α,β-unsaturated/α-hetero) is 1. The minimum absolute atomic E-state index is 0.0300. The second kappa shape index (κ2) is 6.03. The first-order valence-corrected chi connectivity index (χ1v) is 7.86. The van der Waals surface area contributed by atoms with Gasteiger partial charge in [-0.05, 0) is 26.0 Å². The molecule has 0 saturated heterocycles. The largest absolute Gasteiger partial charge is 0.394 e. The van der Waals surface area contributed by atoms with Crippen LogP contribution in [-0.2, 0) is 10.0 Å². The molecule has 0 bridgehead atoms. The molecule has 1 aromatic carbocycles. The Balaban J connectivity index is 3.02. The third-order valence-electron chi connectivity index (χ3n) is 2.78. The van der Waals surface area contributed by atoms with Crippen molar-refractivity contribution in [2.24, 2.45) is 5.92 Å². The normalized spacial score (nSPS) is 12.7. The lowest BCUT2D eigenvalue weighted by molar-refractivity contribution is 0.0939. The van der Waals surface area contributed by atoms with Gasteiger partial charge in [0.1, 0.15) is 0 Å². The average molecular weight is 299 g/mol. The SMILES string of the molecule is CC(C)C(=O)c1ccc(S(=O)(=O)NC(C)(C)CO)cc1. The number of aliphatic hydroxyl groups is 1. The summed E-state index contributed by atoms with van der Waals surface area (Å²) in [5.41, 5.74) is -0.453. The predicted octanol–water partition coefficient (Wildman–Crippen LogP) is 1.57. The van der Waals surface area contributed by atoms with E-state index in [-0.39, 0.29) is 23.2 Å². The van der Waals surface area contributed by atoms with Crippen LogP contribution in [-0.4, -0.2) is 31.5 Å². The molecule has 1 rings (SSSR count). The Labute approximate surface area is 120 Å². The molecule has 2 N–H and O–H groups in total. The summed E-state index contributed by atoms with van der Waals surface area (Å²) in [6, 6.07) is 5.79. The summed E-state index contributed by atoms with van der Waals surface area (Å²) in [6.07, 6.45) is 0. The molecule has 0 saturated carbocycles. The second-order valence-corrected chi connectivity index (χ2v) is 7.37. The second-order valence-electron chi connectivity index (χ2n) is 5.69. The van der Waals surface area contributed by atoms with E-state index in [1.54, 1.807) is 27.7 Å². The van der Waals surface area contributed by atoms with Crippen molar-refractivity contribution < 1.29 is 18.3 Å². The van der Waals surface area contributed by atoms with Gasteiger partial charge in [-0.1, -0.05) is 26.0 Å². The van der Waals surface area contributed by atoms with Crippen molar-refractivity contribution in [2.75, 3.05) is 6.61 Å². The van der Waals surface area contributed by atoms with Crippen LogP contribution in [0, 0.1) is 5.92 Å². The summed E-state index contributed by atoms with van der Waals surface area (Å²) < 4.78 is 26.6. The van der Waals surface area contributed by atoms with Crippen LogP contribution in [0.2, 0.25) is 0 Å². The van der Waals surface area contributed by atoms with Gasteiger partial charge in [-0.25, -0.2) is 13.1 Å². The highest BCUT2D eigenvalue weighted by molar-refractivity contribution is 7.89. The van der Waals surface area contributed by atoms with Crippen molar-refractivity contribution in [2.45, 2.75) is 38.1 Å². The third-order valence-corrected chi connectivity index (χ3v) is 4.49. The molecule has 0 radical (unpaired) electrons. The van der Waals surface area contributed by atoms with Gasteiger partial charge in [0.05, 0.1) is 17.0 Å². The highest BCUT2D eigenvalue weighted by Crippen LogP contribution is 2.15. The fourth-order valence-corrected chi connectivity index (χ4v) is 2.99. The summed E-state index contributed by atoms with van der Waals surface area (Å²) in [7, 11) is -3.71. The van der Waals surface area contributed by atoms with Gasteiger partial charge in [-0.15, -0.1) is 0 Å². The van der Waals surface area contributed by atoms with Crippen LogP contribution in [0.4, 0.5) is 0 Å². The van der Waals surface area contributed by atoms with E-state index in [0.29, 0.717) is 5.56 Å². The maximum atomic E-state index is 12.1. The molecule has 6 heteroatoms. The zero-order valence-corrected chi connectivity index (χ0v) is 13.0. The van der Waals surface area contributed by atoms with E-state index in [1.807, 2.05) is 0 Å². The van der Waals surface area contributed by atoms with Crippen molar-refractivity contribution in [3.05, 3.63) is 29.8 Å². The first kappa shape index (κ1) is 16.8. The van der Waals surface area contributed by atoms with E-state index in [4.69, 9.17) is 5.11 Å². The number of benzene rings is 1. The van der Waals surface area contributed by atoms with Crippen molar-refractivity contribution in [1.29, 1.82) is 0 Å². The fourth-order valence-electron chi connectivity index (χ4n) is 1.59. The Morgan fingerprint density at radius 1 is 1.25 bits per heavy atom. The number of sulfonamides is 1. The van der Waals surface area contributed by atoms with Gasteiger partial charge in [0.25, 0.3) is 0 Å². The van der Waals surface area contributed by atoms with Crippen LogP contribution in [0.15, 0.2) is 29.2 Å². The Morgan fingerprint density at radius 3 is 2.15 bits per heavy atom. The number of hydrogen-bond acceptors (Lipinski definition) is 4. The van der Waals surface area contributed by atoms with Crippen LogP contribution in [0.3, 0.4) is 0 Å². The number of rotatable bonds is 6. The van der Waals surface area contributed by atoms with Crippen molar-refractivity contribution in [1.82, 2.24) is 4.72 Å². The van der Waals surface area contributed by atoms with Crippen LogP contribution in [0.5, 0.6) is 0 Å². The van der Waals surface area contributed by atoms with Crippen LogP contribution in [0.1, 0.15) is 38.1 Å². The summed E-state index contributed by atoms with van der Waals surface area (Å²) in [6.45, 7) is 6.44. The van der Waals surface area contributed by atoms with E-state index in [9.17, 15) is 13.2 Å². The van der Waals surface area contributed by atoms with Gasteiger partial charge in [0.15, 0.2) is 5.78 Å².